The quantitative estimate of drug-likeness (QED) is 0.760. The summed E-state index contributed by atoms with van der Waals surface area (Å²) in [5.74, 6) is 1.64. The molecule has 0 saturated carbocycles. The van der Waals surface area contributed by atoms with Crippen molar-refractivity contribution in [1.82, 2.24) is 9.78 Å². The Morgan fingerprint density at radius 1 is 1.18 bits per heavy atom. The highest BCUT2D eigenvalue weighted by Gasteiger charge is 2.25. The Labute approximate surface area is 134 Å². The van der Waals surface area contributed by atoms with Gasteiger partial charge >= 0.3 is 0 Å². The van der Waals surface area contributed by atoms with Gasteiger partial charge in [0.25, 0.3) is 0 Å². The number of fused-ring (bicyclic) bond motifs is 1. The van der Waals surface area contributed by atoms with Gasteiger partial charge in [-0.2, -0.15) is 5.10 Å². The van der Waals surface area contributed by atoms with Crippen molar-refractivity contribution < 1.29 is 0 Å². The van der Waals surface area contributed by atoms with Gasteiger partial charge in [-0.25, -0.2) is 4.68 Å². The molecule has 0 bridgehead atoms. The number of benzene rings is 1. The molecule has 0 aliphatic carbocycles. The van der Waals surface area contributed by atoms with Crippen LogP contribution in [0.4, 0.5) is 5.82 Å². The number of para-hydroxylation sites is 1. The summed E-state index contributed by atoms with van der Waals surface area (Å²) in [5, 5.41) is 10.6. The van der Waals surface area contributed by atoms with Gasteiger partial charge in [0.05, 0.1) is 10.6 Å². The van der Waals surface area contributed by atoms with Crippen molar-refractivity contribution >= 4 is 17.2 Å². The van der Waals surface area contributed by atoms with E-state index in [1.165, 1.54) is 21.7 Å². The van der Waals surface area contributed by atoms with Crippen molar-refractivity contribution in [2.45, 2.75) is 26.2 Å². The molecule has 22 heavy (non-hydrogen) atoms. The average molecular weight is 309 g/mol. The second-order valence-corrected chi connectivity index (χ2v) is 6.90. The highest BCUT2D eigenvalue weighted by Crippen LogP contribution is 2.37. The largest absolute Gasteiger partial charge is 0.369 e. The van der Waals surface area contributed by atoms with E-state index in [-0.39, 0.29) is 0 Å². The Balaban J connectivity index is 1.93. The lowest BCUT2D eigenvalue weighted by atomic mass is 10.0. The van der Waals surface area contributed by atoms with Gasteiger partial charge in [-0.3, -0.25) is 0 Å². The summed E-state index contributed by atoms with van der Waals surface area (Å²) in [6.07, 6.45) is 1.05. The lowest BCUT2D eigenvalue weighted by Crippen LogP contribution is -2.07. The van der Waals surface area contributed by atoms with E-state index in [0.717, 1.165) is 24.5 Å². The number of anilines is 1. The average Bonchev–Trinajstić information content (AvgIpc) is 3.24. The molecule has 3 aromatic rings. The normalized spacial score (nSPS) is 13.4. The van der Waals surface area contributed by atoms with Crippen LogP contribution < -0.4 is 5.32 Å². The topological polar surface area (TPSA) is 29.9 Å². The van der Waals surface area contributed by atoms with Gasteiger partial charge in [0.1, 0.15) is 11.5 Å². The van der Waals surface area contributed by atoms with E-state index in [4.69, 9.17) is 5.10 Å². The molecule has 4 rings (SSSR count). The number of hydrogen-bond donors (Lipinski definition) is 1. The van der Waals surface area contributed by atoms with Gasteiger partial charge in [0.15, 0.2) is 0 Å². The number of nitrogens with zero attached hydrogens (tertiary/aromatic N) is 2. The maximum Gasteiger partial charge on any atom is 0.133 e. The first-order valence-corrected chi connectivity index (χ1v) is 8.62. The minimum atomic E-state index is 0.475. The van der Waals surface area contributed by atoms with Crippen LogP contribution in [0.15, 0.2) is 41.8 Å². The fraction of sp³-hybridized carbons (Fsp3) is 0.278. The first-order valence-electron chi connectivity index (χ1n) is 7.74. The summed E-state index contributed by atoms with van der Waals surface area (Å²) >= 11 is 1.76. The molecule has 0 radical (unpaired) electrons. The summed E-state index contributed by atoms with van der Waals surface area (Å²) in [6.45, 7) is 5.46. The van der Waals surface area contributed by atoms with Crippen LogP contribution in [0.5, 0.6) is 0 Å². The van der Waals surface area contributed by atoms with Gasteiger partial charge in [0.2, 0.25) is 0 Å². The van der Waals surface area contributed by atoms with Crippen LogP contribution >= 0.6 is 11.3 Å². The monoisotopic (exact) mass is 309 g/mol. The first kappa shape index (κ1) is 13.6. The zero-order valence-electron chi connectivity index (χ0n) is 12.8. The Bertz CT molecular complexity index is 800. The molecule has 2 aromatic heterocycles. The van der Waals surface area contributed by atoms with Crippen molar-refractivity contribution in [3.63, 3.8) is 0 Å². The first-order chi connectivity index (χ1) is 10.8. The fourth-order valence-electron chi connectivity index (χ4n) is 3.13. The van der Waals surface area contributed by atoms with Crippen LogP contribution in [0.3, 0.4) is 0 Å². The van der Waals surface area contributed by atoms with Crippen molar-refractivity contribution in [3.8, 4) is 16.3 Å². The molecule has 4 heteroatoms. The Kier molecular flexibility index (Phi) is 3.26. The molecule has 1 aromatic carbocycles. The van der Waals surface area contributed by atoms with Crippen LogP contribution in [0.2, 0.25) is 0 Å². The number of rotatable bonds is 3. The van der Waals surface area contributed by atoms with E-state index in [1.807, 2.05) is 0 Å². The highest BCUT2D eigenvalue weighted by molar-refractivity contribution is 7.13. The van der Waals surface area contributed by atoms with Crippen LogP contribution in [0.25, 0.3) is 16.3 Å². The van der Waals surface area contributed by atoms with Crippen molar-refractivity contribution in [3.05, 3.63) is 52.9 Å². The second-order valence-electron chi connectivity index (χ2n) is 5.96. The third-order valence-electron chi connectivity index (χ3n) is 4.19. The van der Waals surface area contributed by atoms with E-state index >= 15 is 0 Å². The fourth-order valence-corrected chi connectivity index (χ4v) is 3.87. The lowest BCUT2D eigenvalue weighted by Gasteiger charge is -2.14. The number of nitrogens with one attached hydrogen (secondary N) is 1. The molecular formula is C18H19N3S. The molecule has 0 saturated heterocycles. The molecule has 0 fully saturated rings. The minimum Gasteiger partial charge on any atom is -0.369 e. The maximum absolute atomic E-state index is 4.95. The molecule has 3 nitrogen and oxygen atoms in total. The SMILES string of the molecule is CC(C)c1ccccc1-n1nc(-c2cccs2)c2c1NCC2. The van der Waals surface area contributed by atoms with Crippen molar-refractivity contribution in [1.29, 1.82) is 0 Å². The Morgan fingerprint density at radius 3 is 2.82 bits per heavy atom. The highest BCUT2D eigenvalue weighted by atomic mass is 32.1. The third-order valence-corrected chi connectivity index (χ3v) is 5.07. The van der Waals surface area contributed by atoms with Gasteiger partial charge in [0, 0.05) is 12.1 Å². The predicted molar refractivity (Wildman–Crippen MR) is 93.2 cm³/mol. The number of thiophene rings is 1. The van der Waals surface area contributed by atoms with E-state index in [9.17, 15) is 0 Å². The lowest BCUT2D eigenvalue weighted by molar-refractivity contribution is 0.812. The molecule has 3 heterocycles. The summed E-state index contributed by atoms with van der Waals surface area (Å²) < 4.78 is 2.10. The van der Waals surface area contributed by atoms with Crippen LogP contribution in [0.1, 0.15) is 30.9 Å². The molecule has 1 N–H and O–H groups in total. The van der Waals surface area contributed by atoms with Gasteiger partial charge in [-0.1, -0.05) is 38.1 Å². The number of aromatic nitrogens is 2. The van der Waals surface area contributed by atoms with Crippen LogP contribution in [-0.4, -0.2) is 16.3 Å². The van der Waals surface area contributed by atoms with E-state index in [0.29, 0.717) is 5.92 Å². The predicted octanol–water partition coefficient (Wildman–Crippen LogP) is 4.69. The van der Waals surface area contributed by atoms with E-state index in [2.05, 4.69) is 65.6 Å². The van der Waals surface area contributed by atoms with Crippen LogP contribution in [-0.2, 0) is 6.42 Å². The molecule has 0 unspecified atom stereocenters. The van der Waals surface area contributed by atoms with Gasteiger partial charge in [-0.05, 0) is 35.4 Å². The molecule has 112 valence electrons. The van der Waals surface area contributed by atoms with Gasteiger partial charge < -0.3 is 5.32 Å². The third kappa shape index (κ3) is 2.06. The van der Waals surface area contributed by atoms with Crippen molar-refractivity contribution in [2.24, 2.45) is 0 Å². The molecule has 0 amide bonds. The Morgan fingerprint density at radius 2 is 2.05 bits per heavy atom. The molecule has 1 aliphatic heterocycles. The summed E-state index contributed by atoms with van der Waals surface area (Å²) in [4.78, 5) is 1.25. The summed E-state index contributed by atoms with van der Waals surface area (Å²) in [5.41, 5.74) is 5.00. The Hall–Kier alpha value is -2.07. The van der Waals surface area contributed by atoms with Gasteiger partial charge in [-0.15, -0.1) is 11.3 Å². The molecular weight excluding hydrogens is 290 g/mol. The molecule has 1 aliphatic rings. The van der Waals surface area contributed by atoms with Crippen molar-refractivity contribution in [2.75, 3.05) is 11.9 Å². The van der Waals surface area contributed by atoms with E-state index < -0.39 is 0 Å². The van der Waals surface area contributed by atoms with Crippen LogP contribution in [0, 0.1) is 0 Å². The minimum absolute atomic E-state index is 0.475. The summed E-state index contributed by atoms with van der Waals surface area (Å²) in [7, 11) is 0. The zero-order valence-corrected chi connectivity index (χ0v) is 13.7. The molecule has 0 atom stereocenters. The summed E-state index contributed by atoms with van der Waals surface area (Å²) in [6, 6.07) is 12.8. The zero-order chi connectivity index (χ0) is 15.1. The molecule has 0 spiro atoms. The standard InChI is InChI=1S/C18H19N3S/c1-12(2)13-6-3-4-7-15(13)21-18-14(9-10-19-18)17(20-21)16-8-5-11-22-16/h3-8,11-12,19H,9-10H2,1-2H3. The maximum atomic E-state index is 4.95. The second kappa shape index (κ2) is 5.29. The van der Waals surface area contributed by atoms with E-state index in [1.54, 1.807) is 11.3 Å². The smallest absolute Gasteiger partial charge is 0.133 e. The number of hydrogen-bond acceptors (Lipinski definition) is 3.